The maximum atomic E-state index is 11.5. The maximum Gasteiger partial charge on any atom is 0.124 e. The number of rotatable bonds is 4. The molecule has 1 unspecified atom stereocenters. The fourth-order valence-electron chi connectivity index (χ4n) is 2.28. The zero-order valence-electron chi connectivity index (χ0n) is 10.2. The van der Waals surface area contributed by atoms with E-state index in [1.807, 2.05) is 24.3 Å². The van der Waals surface area contributed by atoms with Crippen LogP contribution in [0.25, 0.3) is 0 Å². The van der Waals surface area contributed by atoms with Crippen LogP contribution in [0.4, 0.5) is 5.69 Å². The van der Waals surface area contributed by atoms with Crippen LogP contribution < -0.4 is 10.0 Å². The number of anilines is 1. The largest absolute Gasteiger partial charge is 0.382 e. The predicted molar refractivity (Wildman–Crippen MR) is 72.4 cm³/mol. The number of nitrogens with one attached hydrogen (secondary N) is 2. The van der Waals surface area contributed by atoms with Gasteiger partial charge in [-0.05, 0) is 44.2 Å². The number of hydrogen-bond acceptors (Lipinski definition) is 2. The number of benzene rings is 1. The molecule has 0 spiro atoms. The SMILES string of the molecule is CNS(=O)c1ccc(NC2CCCCC2)cc1. The lowest BCUT2D eigenvalue weighted by Crippen LogP contribution is -2.22. The summed E-state index contributed by atoms with van der Waals surface area (Å²) in [5.41, 5.74) is 1.13. The van der Waals surface area contributed by atoms with Gasteiger partial charge in [0.25, 0.3) is 0 Å². The Kier molecular flexibility index (Phi) is 4.57. The van der Waals surface area contributed by atoms with Gasteiger partial charge in [0.2, 0.25) is 0 Å². The molecule has 1 saturated carbocycles. The second kappa shape index (κ2) is 6.17. The van der Waals surface area contributed by atoms with Crippen molar-refractivity contribution in [2.45, 2.75) is 43.0 Å². The van der Waals surface area contributed by atoms with Gasteiger partial charge >= 0.3 is 0 Å². The number of hydrogen-bond donors (Lipinski definition) is 2. The first-order valence-corrected chi connectivity index (χ1v) is 7.40. The van der Waals surface area contributed by atoms with E-state index >= 15 is 0 Å². The molecular weight excluding hydrogens is 232 g/mol. The summed E-state index contributed by atoms with van der Waals surface area (Å²) in [7, 11) is 0.616. The molecule has 3 nitrogen and oxygen atoms in total. The summed E-state index contributed by atoms with van der Waals surface area (Å²) in [6.07, 6.45) is 6.58. The van der Waals surface area contributed by atoms with Gasteiger partial charge in [-0.1, -0.05) is 19.3 Å². The first-order valence-electron chi connectivity index (χ1n) is 6.25. The van der Waals surface area contributed by atoms with Crippen LogP contribution >= 0.6 is 0 Å². The summed E-state index contributed by atoms with van der Waals surface area (Å²) >= 11 is 0. The van der Waals surface area contributed by atoms with Crippen molar-refractivity contribution < 1.29 is 4.21 Å². The molecule has 2 rings (SSSR count). The quantitative estimate of drug-likeness (QED) is 0.865. The molecule has 1 aromatic carbocycles. The maximum absolute atomic E-state index is 11.5. The Bertz CT molecular complexity index is 372. The van der Waals surface area contributed by atoms with Crippen molar-refractivity contribution in [3.8, 4) is 0 Å². The third-order valence-electron chi connectivity index (χ3n) is 3.23. The van der Waals surface area contributed by atoms with Gasteiger partial charge in [0.15, 0.2) is 0 Å². The van der Waals surface area contributed by atoms with Gasteiger partial charge in [-0.3, -0.25) is 0 Å². The highest BCUT2D eigenvalue weighted by Crippen LogP contribution is 2.22. The van der Waals surface area contributed by atoms with Crippen LogP contribution in [0.15, 0.2) is 29.2 Å². The van der Waals surface area contributed by atoms with Gasteiger partial charge in [0, 0.05) is 11.7 Å². The Morgan fingerprint density at radius 2 is 1.76 bits per heavy atom. The van der Waals surface area contributed by atoms with Crippen molar-refractivity contribution in [3.63, 3.8) is 0 Å². The Labute approximate surface area is 106 Å². The molecule has 1 aliphatic carbocycles. The Hall–Kier alpha value is -0.870. The average Bonchev–Trinajstić information content (AvgIpc) is 2.40. The molecule has 1 aliphatic rings. The lowest BCUT2D eigenvalue weighted by Gasteiger charge is -2.23. The average molecular weight is 252 g/mol. The molecule has 0 bridgehead atoms. The molecule has 2 N–H and O–H groups in total. The summed E-state index contributed by atoms with van der Waals surface area (Å²) in [6.45, 7) is 0. The van der Waals surface area contributed by atoms with E-state index in [-0.39, 0.29) is 0 Å². The lowest BCUT2D eigenvalue weighted by molar-refractivity contribution is 0.463. The fraction of sp³-hybridized carbons (Fsp3) is 0.538. The molecule has 0 heterocycles. The molecule has 0 amide bonds. The predicted octanol–water partition coefficient (Wildman–Crippen LogP) is 2.67. The normalized spacial score (nSPS) is 18.9. The summed E-state index contributed by atoms with van der Waals surface area (Å²) in [5, 5.41) is 3.55. The molecule has 94 valence electrons. The summed E-state index contributed by atoms with van der Waals surface area (Å²) in [4.78, 5) is 0.821. The molecule has 0 aliphatic heterocycles. The van der Waals surface area contributed by atoms with Crippen molar-refractivity contribution in [2.24, 2.45) is 0 Å². The van der Waals surface area contributed by atoms with Crippen molar-refractivity contribution >= 4 is 16.7 Å². The van der Waals surface area contributed by atoms with Gasteiger partial charge in [-0.25, -0.2) is 8.93 Å². The van der Waals surface area contributed by atoms with E-state index in [0.29, 0.717) is 6.04 Å². The minimum atomic E-state index is -1.08. The van der Waals surface area contributed by atoms with Crippen LogP contribution in [0.3, 0.4) is 0 Å². The molecule has 1 atom stereocenters. The summed E-state index contributed by atoms with van der Waals surface area (Å²) in [5.74, 6) is 0. The molecular formula is C13H20N2OS. The van der Waals surface area contributed by atoms with Gasteiger partial charge in [-0.2, -0.15) is 0 Å². The Balaban J connectivity index is 1.95. The Morgan fingerprint density at radius 3 is 2.35 bits per heavy atom. The van der Waals surface area contributed by atoms with Gasteiger partial charge in [0.05, 0.1) is 4.90 Å². The molecule has 0 aromatic heterocycles. The standard InChI is InChI=1S/C13H20N2OS/c1-14-17(16)13-9-7-12(8-10-13)15-11-5-3-2-4-6-11/h7-11,14-15H,2-6H2,1H3. The van der Waals surface area contributed by atoms with E-state index in [1.165, 1.54) is 32.1 Å². The van der Waals surface area contributed by atoms with Gasteiger partial charge in [-0.15, -0.1) is 0 Å². The highest BCUT2D eigenvalue weighted by atomic mass is 32.2. The van der Waals surface area contributed by atoms with Crippen LogP contribution in [0.5, 0.6) is 0 Å². The molecule has 0 radical (unpaired) electrons. The van der Waals surface area contributed by atoms with Crippen LogP contribution in [0.2, 0.25) is 0 Å². The monoisotopic (exact) mass is 252 g/mol. The third kappa shape index (κ3) is 3.54. The highest BCUT2D eigenvalue weighted by molar-refractivity contribution is 7.83. The van der Waals surface area contributed by atoms with Gasteiger partial charge < -0.3 is 5.32 Å². The van der Waals surface area contributed by atoms with E-state index in [1.54, 1.807) is 7.05 Å². The second-order valence-corrected chi connectivity index (χ2v) is 5.89. The molecule has 1 fully saturated rings. The summed E-state index contributed by atoms with van der Waals surface area (Å²) < 4.78 is 14.2. The highest BCUT2D eigenvalue weighted by Gasteiger charge is 2.12. The van der Waals surface area contributed by atoms with E-state index in [9.17, 15) is 4.21 Å². The van der Waals surface area contributed by atoms with Crippen LogP contribution in [0, 0.1) is 0 Å². The van der Waals surface area contributed by atoms with Crippen LogP contribution in [-0.2, 0) is 11.0 Å². The van der Waals surface area contributed by atoms with Crippen molar-refractivity contribution in [1.82, 2.24) is 4.72 Å². The lowest BCUT2D eigenvalue weighted by atomic mass is 9.95. The Morgan fingerprint density at radius 1 is 1.12 bits per heavy atom. The minimum Gasteiger partial charge on any atom is -0.382 e. The summed E-state index contributed by atoms with van der Waals surface area (Å²) in [6, 6.07) is 8.47. The first-order chi connectivity index (χ1) is 8.29. The zero-order valence-corrected chi connectivity index (χ0v) is 11.1. The van der Waals surface area contributed by atoms with E-state index < -0.39 is 11.0 Å². The third-order valence-corrected chi connectivity index (χ3v) is 4.30. The topological polar surface area (TPSA) is 41.1 Å². The van der Waals surface area contributed by atoms with Crippen molar-refractivity contribution in [2.75, 3.05) is 12.4 Å². The fourth-order valence-corrected chi connectivity index (χ4v) is 2.89. The van der Waals surface area contributed by atoms with E-state index in [2.05, 4.69) is 10.0 Å². The molecule has 1 aromatic rings. The smallest absolute Gasteiger partial charge is 0.124 e. The first kappa shape index (κ1) is 12.6. The van der Waals surface area contributed by atoms with Crippen molar-refractivity contribution in [3.05, 3.63) is 24.3 Å². The van der Waals surface area contributed by atoms with E-state index in [4.69, 9.17) is 0 Å². The van der Waals surface area contributed by atoms with Crippen LogP contribution in [0.1, 0.15) is 32.1 Å². The van der Waals surface area contributed by atoms with Crippen molar-refractivity contribution in [1.29, 1.82) is 0 Å². The van der Waals surface area contributed by atoms with E-state index in [0.717, 1.165) is 10.6 Å². The molecule has 4 heteroatoms. The second-order valence-electron chi connectivity index (χ2n) is 4.48. The molecule has 0 saturated heterocycles. The minimum absolute atomic E-state index is 0.615. The molecule has 17 heavy (non-hydrogen) atoms. The van der Waals surface area contributed by atoms with Gasteiger partial charge in [0.1, 0.15) is 11.0 Å². The zero-order chi connectivity index (χ0) is 12.1. The van der Waals surface area contributed by atoms with Crippen LogP contribution in [-0.4, -0.2) is 17.3 Å².